The second kappa shape index (κ2) is 9.77. The van der Waals surface area contributed by atoms with Gasteiger partial charge in [0, 0.05) is 6.42 Å². The summed E-state index contributed by atoms with van der Waals surface area (Å²) in [6, 6.07) is 0. The highest BCUT2D eigenvalue weighted by Crippen LogP contribution is 2.34. The highest BCUT2D eigenvalue weighted by molar-refractivity contribution is 5.30. The van der Waals surface area contributed by atoms with Crippen molar-refractivity contribution in [2.75, 3.05) is 33.0 Å². The molecule has 0 aromatic carbocycles. The van der Waals surface area contributed by atoms with Gasteiger partial charge < -0.3 is 18.9 Å². The van der Waals surface area contributed by atoms with Gasteiger partial charge in [-0.15, -0.1) is 0 Å². The third kappa shape index (κ3) is 5.90. The average Bonchev–Trinajstić information content (AvgIpc) is 2.55. The molecule has 0 spiro atoms. The predicted molar refractivity (Wildman–Crippen MR) is 95.5 cm³/mol. The topological polar surface area (TPSA) is 36.9 Å². The molecule has 136 valence electrons. The third-order valence-electron chi connectivity index (χ3n) is 4.52. The maximum Gasteiger partial charge on any atom is 0.157 e. The van der Waals surface area contributed by atoms with E-state index >= 15 is 0 Å². The van der Waals surface area contributed by atoms with Gasteiger partial charge in [0.15, 0.2) is 5.76 Å². The molecule has 0 saturated heterocycles. The van der Waals surface area contributed by atoms with Gasteiger partial charge in [0.2, 0.25) is 0 Å². The highest BCUT2D eigenvalue weighted by atomic mass is 16.6. The van der Waals surface area contributed by atoms with Crippen molar-refractivity contribution in [1.29, 1.82) is 0 Å². The molecule has 0 unspecified atom stereocenters. The van der Waals surface area contributed by atoms with Gasteiger partial charge >= 0.3 is 0 Å². The molecular weight excluding hydrogens is 304 g/mol. The highest BCUT2D eigenvalue weighted by Gasteiger charge is 2.22. The lowest BCUT2D eigenvalue weighted by Crippen LogP contribution is -2.17. The Balaban J connectivity index is 2.18. The van der Waals surface area contributed by atoms with Gasteiger partial charge in [0.05, 0.1) is 19.5 Å². The van der Waals surface area contributed by atoms with Crippen molar-refractivity contribution in [2.45, 2.75) is 52.9 Å². The molecule has 0 bridgehead atoms. The van der Waals surface area contributed by atoms with Gasteiger partial charge in [0.25, 0.3) is 0 Å². The van der Waals surface area contributed by atoms with Crippen LogP contribution < -0.4 is 0 Å². The minimum absolute atomic E-state index is 0.0624. The Hall–Kier alpha value is -1.42. The van der Waals surface area contributed by atoms with Crippen LogP contribution in [-0.2, 0) is 18.9 Å². The number of allylic oxidation sites excluding steroid dienone is 3. The van der Waals surface area contributed by atoms with Crippen molar-refractivity contribution < 1.29 is 18.9 Å². The largest absolute Gasteiger partial charge is 0.498 e. The Morgan fingerprint density at radius 1 is 0.958 bits per heavy atom. The molecule has 2 aliphatic heterocycles. The first kappa shape index (κ1) is 18.9. The minimum atomic E-state index is 0.0624. The molecule has 0 aromatic rings. The lowest BCUT2D eigenvalue weighted by Gasteiger charge is -2.27. The average molecular weight is 336 g/mol. The lowest BCUT2D eigenvalue weighted by molar-refractivity contribution is 0.0436. The van der Waals surface area contributed by atoms with Crippen LogP contribution in [0, 0.1) is 5.41 Å². The van der Waals surface area contributed by atoms with Crippen molar-refractivity contribution in [3.8, 4) is 0 Å². The molecule has 24 heavy (non-hydrogen) atoms. The van der Waals surface area contributed by atoms with Crippen LogP contribution in [0.15, 0.2) is 35.5 Å². The smallest absolute Gasteiger partial charge is 0.157 e. The molecule has 0 saturated carbocycles. The Morgan fingerprint density at radius 3 is 2.62 bits per heavy atom. The zero-order chi connectivity index (χ0) is 17.3. The summed E-state index contributed by atoms with van der Waals surface area (Å²) in [6.45, 7) is 9.79. The summed E-state index contributed by atoms with van der Waals surface area (Å²) >= 11 is 0. The molecule has 0 aliphatic carbocycles. The van der Waals surface area contributed by atoms with E-state index in [1.165, 1.54) is 24.8 Å². The third-order valence-corrected chi connectivity index (χ3v) is 4.52. The number of ether oxygens (including phenoxy) is 4. The van der Waals surface area contributed by atoms with E-state index in [0.29, 0.717) is 33.0 Å². The van der Waals surface area contributed by atoms with Crippen molar-refractivity contribution in [2.24, 2.45) is 5.41 Å². The van der Waals surface area contributed by atoms with Crippen LogP contribution in [0.5, 0.6) is 0 Å². The second-order valence-electron chi connectivity index (χ2n) is 6.97. The van der Waals surface area contributed by atoms with E-state index in [2.05, 4.69) is 26.8 Å². The Kier molecular flexibility index (Phi) is 7.70. The zero-order valence-electron chi connectivity index (χ0n) is 15.4. The van der Waals surface area contributed by atoms with E-state index in [4.69, 9.17) is 18.9 Å². The van der Waals surface area contributed by atoms with Crippen LogP contribution in [0.3, 0.4) is 0 Å². The van der Waals surface area contributed by atoms with Crippen LogP contribution in [-0.4, -0.2) is 33.0 Å². The maximum atomic E-state index is 5.79. The Bertz CT molecular complexity index is 474. The van der Waals surface area contributed by atoms with Crippen molar-refractivity contribution in [3.63, 3.8) is 0 Å². The SMILES string of the molecule is CCCCCC(C)(C)C1=C/OCCOCCC2=C(\C=C\1)OCCO2. The summed E-state index contributed by atoms with van der Waals surface area (Å²) < 4.78 is 22.9. The Morgan fingerprint density at radius 2 is 1.79 bits per heavy atom. The summed E-state index contributed by atoms with van der Waals surface area (Å²) in [5, 5.41) is 0. The summed E-state index contributed by atoms with van der Waals surface area (Å²) in [5.74, 6) is 1.71. The van der Waals surface area contributed by atoms with Gasteiger partial charge in [-0.1, -0.05) is 46.1 Å². The molecule has 0 aromatic heterocycles. The van der Waals surface area contributed by atoms with E-state index < -0.39 is 0 Å². The van der Waals surface area contributed by atoms with Gasteiger partial charge in [-0.3, -0.25) is 0 Å². The van der Waals surface area contributed by atoms with Crippen LogP contribution in [0.2, 0.25) is 0 Å². The van der Waals surface area contributed by atoms with Crippen LogP contribution in [0.1, 0.15) is 52.9 Å². The fourth-order valence-electron chi connectivity index (χ4n) is 2.88. The van der Waals surface area contributed by atoms with Crippen LogP contribution in [0.4, 0.5) is 0 Å². The molecule has 0 fully saturated rings. The van der Waals surface area contributed by atoms with Crippen LogP contribution in [0.25, 0.3) is 0 Å². The number of unbranched alkanes of at least 4 members (excludes halogenated alkanes) is 2. The van der Waals surface area contributed by atoms with Gasteiger partial charge in [0.1, 0.15) is 25.6 Å². The monoisotopic (exact) mass is 336 g/mol. The fourth-order valence-corrected chi connectivity index (χ4v) is 2.88. The van der Waals surface area contributed by atoms with Crippen LogP contribution >= 0.6 is 0 Å². The number of hydrogen-bond acceptors (Lipinski definition) is 4. The molecule has 2 rings (SSSR count). The molecule has 0 N–H and O–H groups in total. The molecule has 0 radical (unpaired) electrons. The first-order valence-corrected chi connectivity index (χ1v) is 9.20. The standard InChI is InChI=1S/C20H32O4/c1-4-5-6-10-20(2,3)17-7-8-18-19(24-15-14-23-18)9-11-21-12-13-22-16-17/h7-8,16H,4-6,9-15H2,1-3H3/b8-7+,17-16+. The molecule has 4 heteroatoms. The van der Waals surface area contributed by atoms with E-state index in [-0.39, 0.29) is 5.41 Å². The fraction of sp³-hybridized carbons (Fsp3) is 0.700. The predicted octanol–water partition coefficient (Wildman–Crippen LogP) is 4.73. The number of rotatable bonds is 5. The second-order valence-corrected chi connectivity index (χ2v) is 6.97. The first-order chi connectivity index (χ1) is 11.6. The van der Waals surface area contributed by atoms with Gasteiger partial charge in [-0.05, 0) is 23.5 Å². The van der Waals surface area contributed by atoms with E-state index in [1.54, 1.807) is 0 Å². The minimum Gasteiger partial charge on any atom is -0.498 e. The summed E-state index contributed by atoms with van der Waals surface area (Å²) in [7, 11) is 0. The van der Waals surface area contributed by atoms with E-state index in [9.17, 15) is 0 Å². The molecule has 2 heterocycles. The van der Waals surface area contributed by atoms with Crippen molar-refractivity contribution in [3.05, 3.63) is 35.5 Å². The van der Waals surface area contributed by atoms with E-state index in [1.807, 2.05) is 12.3 Å². The number of hydrogen-bond donors (Lipinski definition) is 0. The van der Waals surface area contributed by atoms with Crippen molar-refractivity contribution in [1.82, 2.24) is 0 Å². The normalized spacial score (nSPS) is 23.4. The summed E-state index contributed by atoms with van der Waals surface area (Å²) in [6.07, 6.45) is 11.6. The molecule has 0 atom stereocenters. The molecule has 4 nitrogen and oxygen atoms in total. The van der Waals surface area contributed by atoms with Gasteiger partial charge in [-0.25, -0.2) is 0 Å². The summed E-state index contributed by atoms with van der Waals surface area (Å²) in [4.78, 5) is 0. The molecule has 2 aliphatic rings. The molecule has 0 amide bonds. The van der Waals surface area contributed by atoms with Crippen molar-refractivity contribution >= 4 is 0 Å². The molecular formula is C20H32O4. The zero-order valence-corrected chi connectivity index (χ0v) is 15.4. The summed E-state index contributed by atoms with van der Waals surface area (Å²) in [5.41, 5.74) is 1.24. The maximum absolute atomic E-state index is 5.79. The van der Waals surface area contributed by atoms with E-state index in [0.717, 1.165) is 24.4 Å². The first-order valence-electron chi connectivity index (χ1n) is 9.20. The lowest BCUT2D eigenvalue weighted by atomic mass is 9.79. The van der Waals surface area contributed by atoms with Gasteiger partial charge in [-0.2, -0.15) is 0 Å². The quantitative estimate of drug-likeness (QED) is 0.680. The Labute approximate surface area is 146 Å².